The number of likely N-dealkylation sites (tertiary alicyclic amines) is 1. The van der Waals surface area contributed by atoms with Crippen LogP contribution in [0.25, 0.3) is 4.96 Å². The third kappa shape index (κ3) is 3.62. The molecule has 0 N–H and O–H groups in total. The first-order valence-electron chi connectivity index (χ1n) is 8.40. The van der Waals surface area contributed by atoms with Gasteiger partial charge in [-0.15, -0.1) is 0 Å². The van der Waals surface area contributed by atoms with E-state index in [1.165, 1.54) is 39.6 Å². The summed E-state index contributed by atoms with van der Waals surface area (Å²) in [6, 6.07) is 8.29. The van der Waals surface area contributed by atoms with Crippen molar-refractivity contribution in [3.8, 4) is 0 Å². The van der Waals surface area contributed by atoms with Crippen LogP contribution in [-0.2, 0) is 13.0 Å². The Morgan fingerprint density at radius 3 is 2.92 bits per heavy atom. The summed E-state index contributed by atoms with van der Waals surface area (Å²) >= 11 is 1.48. The van der Waals surface area contributed by atoms with Gasteiger partial charge in [-0.1, -0.05) is 23.5 Å². The lowest BCUT2D eigenvalue weighted by molar-refractivity contribution is 0.314. The molecule has 0 aliphatic carbocycles. The fourth-order valence-electron chi connectivity index (χ4n) is 3.39. The molecule has 0 amide bonds. The zero-order chi connectivity index (χ0) is 17.4. The molecule has 7 heteroatoms. The predicted molar refractivity (Wildman–Crippen MR) is 95.4 cm³/mol. The van der Waals surface area contributed by atoms with Gasteiger partial charge in [-0.25, -0.2) is 9.37 Å². The SMILES string of the molecule is Cc1cc(=O)n2nc(CN3CCC(Cc4ccc(F)cc4)C3)sc2n1. The average Bonchev–Trinajstić information content (AvgIpc) is 3.17. The number of halogens is 1. The van der Waals surface area contributed by atoms with Gasteiger partial charge < -0.3 is 0 Å². The van der Waals surface area contributed by atoms with Gasteiger partial charge in [0.1, 0.15) is 10.8 Å². The zero-order valence-electron chi connectivity index (χ0n) is 14.0. The van der Waals surface area contributed by atoms with E-state index in [1.807, 2.05) is 19.1 Å². The maximum atomic E-state index is 13.0. The van der Waals surface area contributed by atoms with Gasteiger partial charge in [-0.3, -0.25) is 9.69 Å². The topological polar surface area (TPSA) is 50.5 Å². The second-order valence-corrected chi connectivity index (χ2v) is 7.69. The smallest absolute Gasteiger partial charge is 0.275 e. The largest absolute Gasteiger partial charge is 0.296 e. The maximum Gasteiger partial charge on any atom is 0.275 e. The molecule has 3 heterocycles. The number of hydrogen-bond acceptors (Lipinski definition) is 5. The van der Waals surface area contributed by atoms with Gasteiger partial charge in [-0.2, -0.15) is 9.61 Å². The maximum absolute atomic E-state index is 13.0. The minimum atomic E-state index is -0.188. The summed E-state index contributed by atoms with van der Waals surface area (Å²) in [5, 5.41) is 5.33. The minimum Gasteiger partial charge on any atom is -0.296 e. The Balaban J connectivity index is 1.41. The van der Waals surface area contributed by atoms with E-state index in [4.69, 9.17) is 0 Å². The van der Waals surface area contributed by atoms with E-state index in [0.717, 1.165) is 43.2 Å². The molecule has 1 aliphatic heterocycles. The van der Waals surface area contributed by atoms with Crippen LogP contribution in [0.15, 0.2) is 35.1 Å². The summed E-state index contributed by atoms with van der Waals surface area (Å²) in [7, 11) is 0. The third-order valence-corrected chi connectivity index (χ3v) is 5.47. The van der Waals surface area contributed by atoms with E-state index in [9.17, 15) is 9.18 Å². The first-order chi connectivity index (χ1) is 12.1. The molecule has 25 heavy (non-hydrogen) atoms. The molecule has 0 spiro atoms. The van der Waals surface area contributed by atoms with Crippen molar-refractivity contribution < 1.29 is 4.39 Å². The quantitative estimate of drug-likeness (QED) is 0.719. The van der Waals surface area contributed by atoms with Crippen molar-refractivity contribution in [3.05, 3.63) is 62.8 Å². The number of hydrogen-bond donors (Lipinski definition) is 0. The van der Waals surface area contributed by atoms with Crippen molar-refractivity contribution in [1.29, 1.82) is 0 Å². The number of rotatable bonds is 4. The molecule has 1 fully saturated rings. The Morgan fingerprint density at radius 2 is 2.12 bits per heavy atom. The van der Waals surface area contributed by atoms with Gasteiger partial charge in [0.05, 0.1) is 6.54 Å². The Hall–Kier alpha value is -2.12. The van der Waals surface area contributed by atoms with Crippen LogP contribution < -0.4 is 5.56 Å². The van der Waals surface area contributed by atoms with Crippen molar-refractivity contribution in [2.45, 2.75) is 26.3 Å². The Bertz CT molecular complexity index is 950. The summed E-state index contributed by atoms with van der Waals surface area (Å²) in [6.07, 6.45) is 2.09. The predicted octanol–water partition coefficient (Wildman–Crippen LogP) is 2.66. The van der Waals surface area contributed by atoms with Crippen LogP contribution in [0.2, 0.25) is 0 Å². The van der Waals surface area contributed by atoms with Crippen LogP contribution in [0.4, 0.5) is 4.39 Å². The number of fused-ring (bicyclic) bond motifs is 1. The molecule has 1 atom stereocenters. The molecule has 0 saturated carbocycles. The van der Waals surface area contributed by atoms with Crippen molar-refractivity contribution in [2.24, 2.45) is 5.92 Å². The second-order valence-electron chi connectivity index (χ2n) is 6.65. The molecule has 0 bridgehead atoms. The van der Waals surface area contributed by atoms with E-state index in [2.05, 4.69) is 15.0 Å². The molecular formula is C18H19FN4OS. The number of aromatic nitrogens is 3. The van der Waals surface area contributed by atoms with Gasteiger partial charge >= 0.3 is 0 Å². The Kier molecular flexibility index (Phi) is 4.35. The molecule has 1 unspecified atom stereocenters. The van der Waals surface area contributed by atoms with Crippen LogP contribution in [0.1, 0.15) is 22.7 Å². The van der Waals surface area contributed by atoms with Gasteiger partial charge in [0.2, 0.25) is 4.96 Å². The second kappa shape index (κ2) is 6.65. The van der Waals surface area contributed by atoms with Crippen molar-refractivity contribution in [1.82, 2.24) is 19.5 Å². The van der Waals surface area contributed by atoms with Crippen LogP contribution in [0, 0.1) is 18.7 Å². The zero-order valence-corrected chi connectivity index (χ0v) is 14.8. The molecule has 1 aliphatic rings. The first-order valence-corrected chi connectivity index (χ1v) is 9.22. The molecular weight excluding hydrogens is 339 g/mol. The lowest BCUT2D eigenvalue weighted by Gasteiger charge is -2.14. The summed E-state index contributed by atoms with van der Waals surface area (Å²) < 4.78 is 14.4. The van der Waals surface area contributed by atoms with Gasteiger partial charge in [0.15, 0.2) is 0 Å². The number of benzene rings is 1. The van der Waals surface area contributed by atoms with Crippen LogP contribution >= 0.6 is 11.3 Å². The van der Waals surface area contributed by atoms with E-state index in [1.54, 1.807) is 0 Å². The Labute approximate surface area is 148 Å². The molecule has 3 aromatic rings. The van der Waals surface area contributed by atoms with Crippen LogP contribution in [0.3, 0.4) is 0 Å². The van der Waals surface area contributed by atoms with Crippen molar-refractivity contribution in [2.75, 3.05) is 13.1 Å². The summed E-state index contributed by atoms with van der Waals surface area (Å²) in [4.78, 5) is 19.4. The normalized spacial score (nSPS) is 18.2. The standard InChI is InChI=1S/C18H19FN4OS/c1-12-8-17(24)23-18(20-12)25-16(21-23)11-22-7-6-14(10-22)9-13-2-4-15(19)5-3-13/h2-5,8,14H,6-7,9-11H2,1H3. The van der Waals surface area contributed by atoms with Crippen molar-refractivity contribution >= 4 is 16.3 Å². The van der Waals surface area contributed by atoms with E-state index >= 15 is 0 Å². The van der Waals surface area contributed by atoms with Gasteiger partial charge in [-0.05, 0) is 49.9 Å². The van der Waals surface area contributed by atoms with Crippen LogP contribution in [0.5, 0.6) is 0 Å². The molecule has 2 aromatic heterocycles. The van der Waals surface area contributed by atoms with E-state index in [0.29, 0.717) is 10.9 Å². The highest BCUT2D eigenvalue weighted by atomic mass is 32.1. The third-order valence-electron chi connectivity index (χ3n) is 4.58. The van der Waals surface area contributed by atoms with E-state index < -0.39 is 0 Å². The monoisotopic (exact) mass is 358 g/mol. The van der Waals surface area contributed by atoms with Gasteiger partial charge in [0.25, 0.3) is 5.56 Å². The minimum absolute atomic E-state index is 0.124. The Morgan fingerprint density at radius 1 is 1.32 bits per heavy atom. The fraction of sp³-hybridized carbons (Fsp3) is 0.389. The number of aryl methyl sites for hydroxylation is 1. The molecule has 0 radical (unpaired) electrons. The van der Waals surface area contributed by atoms with Crippen LogP contribution in [-0.4, -0.2) is 32.6 Å². The lowest BCUT2D eigenvalue weighted by atomic mass is 9.99. The summed E-state index contributed by atoms with van der Waals surface area (Å²) in [6.45, 7) is 4.57. The highest BCUT2D eigenvalue weighted by Gasteiger charge is 2.24. The highest BCUT2D eigenvalue weighted by molar-refractivity contribution is 7.16. The fourth-order valence-corrected chi connectivity index (χ4v) is 4.38. The molecule has 4 rings (SSSR count). The van der Waals surface area contributed by atoms with Crippen molar-refractivity contribution in [3.63, 3.8) is 0 Å². The molecule has 1 saturated heterocycles. The average molecular weight is 358 g/mol. The molecule has 1 aromatic carbocycles. The molecule has 5 nitrogen and oxygen atoms in total. The summed E-state index contributed by atoms with van der Waals surface area (Å²) in [5.74, 6) is 0.384. The molecule has 130 valence electrons. The van der Waals surface area contributed by atoms with E-state index in [-0.39, 0.29) is 11.4 Å². The summed E-state index contributed by atoms with van der Waals surface area (Å²) in [5.41, 5.74) is 1.78. The van der Waals surface area contributed by atoms with Gasteiger partial charge in [0, 0.05) is 18.3 Å². The number of nitrogens with zero attached hydrogens (tertiary/aromatic N) is 4. The highest BCUT2D eigenvalue weighted by Crippen LogP contribution is 2.23. The lowest BCUT2D eigenvalue weighted by Crippen LogP contribution is -2.21. The first kappa shape index (κ1) is 16.4.